The predicted molar refractivity (Wildman–Crippen MR) is 126 cm³/mol. The average molecular weight is 398 g/mol. The molecule has 2 heteroatoms. The first-order valence-electron chi connectivity index (χ1n) is 10.5. The molecule has 0 heterocycles. The third kappa shape index (κ3) is 4.17. The van der Waals surface area contributed by atoms with Gasteiger partial charge in [0, 0.05) is 16.5 Å². The number of ether oxygens (including phenoxy) is 1. The van der Waals surface area contributed by atoms with Crippen molar-refractivity contribution in [3.8, 4) is 5.75 Å². The highest BCUT2D eigenvalue weighted by Crippen LogP contribution is 2.49. The van der Waals surface area contributed by atoms with Gasteiger partial charge in [0.1, 0.15) is 5.75 Å². The summed E-state index contributed by atoms with van der Waals surface area (Å²) >= 11 is 0. The molecule has 0 N–H and O–H groups in total. The van der Waals surface area contributed by atoms with Gasteiger partial charge in [-0.25, -0.2) is 0 Å². The Bertz CT molecular complexity index is 795. The van der Waals surface area contributed by atoms with E-state index in [1.54, 1.807) is 5.20 Å². The first-order valence-corrected chi connectivity index (χ1v) is 13.0. The maximum Gasteiger partial charge on any atom is 0.126 e. The fourth-order valence-electron chi connectivity index (χ4n) is 4.55. The zero-order chi connectivity index (χ0) is 21.7. The molecule has 1 aliphatic rings. The predicted octanol–water partition coefficient (Wildman–Crippen LogP) is 7.40. The van der Waals surface area contributed by atoms with Crippen LogP contribution < -0.4 is 4.74 Å². The fraction of sp³-hybridized carbons (Fsp3) is 0.615. The second-order valence-electron chi connectivity index (χ2n) is 11.3. The van der Waals surface area contributed by atoms with Gasteiger partial charge >= 0.3 is 0 Å². The third-order valence-corrected chi connectivity index (χ3v) is 7.78. The minimum atomic E-state index is -0.571. The molecule has 1 radical (unpaired) electrons. The van der Waals surface area contributed by atoms with Crippen molar-refractivity contribution in [2.75, 3.05) is 7.11 Å². The van der Waals surface area contributed by atoms with E-state index in [-0.39, 0.29) is 16.2 Å². The van der Waals surface area contributed by atoms with Crippen LogP contribution in [0.3, 0.4) is 0 Å². The van der Waals surface area contributed by atoms with E-state index in [1.165, 1.54) is 22.3 Å². The molecule has 0 aromatic heterocycles. The first-order chi connectivity index (χ1) is 12.6. The lowest BCUT2D eigenvalue weighted by atomic mass is 9.73. The molecule has 2 rings (SSSR count). The molecule has 1 aromatic carbocycles. The molecule has 0 saturated carbocycles. The summed E-state index contributed by atoms with van der Waals surface area (Å²) in [7, 11) is 1.25. The van der Waals surface area contributed by atoms with Crippen LogP contribution in [0.25, 0.3) is 0 Å². The summed E-state index contributed by atoms with van der Waals surface area (Å²) in [4.78, 5) is 0. The number of aryl methyl sites for hydroxylation is 1. The molecule has 0 aliphatic heterocycles. The molecular formula is C26H41OSi. The lowest BCUT2D eigenvalue weighted by Gasteiger charge is -2.36. The Morgan fingerprint density at radius 1 is 0.893 bits per heavy atom. The summed E-state index contributed by atoms with van der Waals surface area (Å²) in [6, 6.07) is 4.64. The Morgan fingerprint density at radius 2 is 1.43 bits per heavy atom. The number of benzene rings is 1. The van der Waals surface area contributed by atoms with Gasteiger partial charge in [-0.1, -0.05) is 104 Å². The molecule has 1 atom stereocenters. The van der Waals surface area contributed by atoms with E-state index in [4.69, 9.17) is 4.74 Å². The normalized spacial score (nSPS) is 18.4. The van der Waals surface area contributed by atoms with Crippen molar-refractivity contribution in [2.24, 2.45) is 11.3 Å². The molecule has 0 saturated heterocycles. The zero-order valence-corrected chi connectivity index (χ0v) is 21.3. The minimum absolute atomic E-state index is 0.0450. The topological polar surface area (TPSA) is 9.23 Å². The number of allylic oxidation sites excluding steroid dienone is 4. The van der Waals surface area contributed by atoms with Crippen LogP contribution in [-0.2, 0) is 10.8 Å². The highest BCUT2D eigenvalue weighted by Gasteiger charge is 2.39. The van der Waals surface area contributed by atoms with E-state index >= 15 is 0 Å². The van der Waals surface area contributed by atoms with Gasteiger partial charge in [0.15, 0.2) is 0 Å². The Balaban J connectivity index is 2.79. The number of hydrogen-bond acceptors (Lipinski definition) is 1. The Morgan fingerprint density at radius 3 is 1.86 bits per heavy atom. The summed E-state index contributed by atoms with van der Waals surface area (Å²) in [6.07, 6.45) is 4.87. The van der Waals surface area contributed by atoms with E-state index in [0.29, 0.717) is 5.92 Å². The summed E-state index contributed by atoms with van der Waals surface area (Å²) in [6.45, 7) is 25.8. The van der Waals surface area contributed by atoms with E-state index < -0.39 is 8.80 Å². The van der Waals surface area contributed by atoms with Crippen molar-refractivity contribution in [1.82, 2.24) is 0 Å². The Kier molecular flexibility index (Phi) is 6.17. The van der Waals surface area contributed by atoms with Gasteiger partial charge < -0.3 is 4.74 Å². The van der Waals surface area contributed by atoms with Gasteiger partial charge in [0.05, 0.1) is 15.9 Å². The second kappa shape index (κ2) is 7.52. The van der Waals surface area contributed by atoms with E-state index in [1.807, 2.05) is 7.11 Å². The highest BCUT2D eigenvalue weighted by molar-refractivity contribution is 6.64. The van der Waals surface area contributed by atoms with Gasteiger partial charge in [-0.05, 0) is 29.2 Å². The van der Waals surface area contributed by atoms with Crippen molar-refractivity contribution >= 4 is 8.80 Å². The lowest BCUT2D eigenvalue weighted by molar-refractivity contribution is 0.339. The smallest absolute Gasteiger partial charge is 0.126 e. The van der Waals surface area contributed by atoms with Gasteiger partial charge in [0.2, 0.25) is 0 Å². The molecule has 1 unspecified atom stereocenters. The zero-order valence-electron chi connectivity index (χ0n) is 20.3. The molecule has 1 aliphatic carbocycles. The standard InChI is InChI=1S/C26H41OSi/c1-17-15-20(25(5,6)7)22(27-10)21(16-17)26(8,9)19-14-13-18(24(2,3)4)23(19)28(11)12/h13-16,18H,1-12H3. The van der Waals surface area contributed by atoms with Crippen molar-refractivity contribution in [1.29, 1.82) is 0 Å². The number of hydrogen-bond donors (Lipinski definition) is 0. The summed E-state index contributed by atoms with van der Waals surface area (Å²) in [5.41, 5.74) is 5.63. The molecular weight excluding hydrogens is 356 g/mol. The van der Waals surface area contributed by atoms with Crippen LogP contribution >= 0.6 is 0 Å². The summed E-state index contributed by atoms with van der Waals surface area (Å²) in [5.74, 6) is 1.59. The van der Waals surface area contributed by atoms with Crippen LogP contribution in [0.2, 0.25) is 13.1 Å². The molecule has 0 fully saturated rings. The van der Waals surface area contributed by atoms with Crippen LogP contribution in [0.1, 0.15) is 72.1 Å². The molecule has 0 amide bonds. The maximum absolute atomic E-state index is 6.06. The lowest BCUT2D eigenvalue weighted by Crippen LogP contribution is -2.30. The van der Waals surface area contributed by atoms with E-state index in [2.05, 4.69) is 99.7 Å². The fourth-order valence-corrected chi connectivity index (χ4v) is 6.64. The quantitative estimate of drug-likeness (QED) is 0.481. The third-order valence-electron chi connectivity index (χ3n) is 6.12. The molecule has 155 valence electrons. The molecule has 0 spiro atoms. The number of methoxy groups -OCH3 is 1. The van der Waals surface area contributed by atoms with Gasteiger partial charge in [-0.3, -0.25) is 0 Å². The van der Waals surface area contributed by atoms with Crippen LogP contribution in [0.5, 0.6) is 5.75 Å². The second-order valence-corrected chi connectivity index (χ2v) is 13.8. The van der Waals surface area contributed by atoms with Crippen LogP contribution in [0, 0.1) is 18.3 Å². The van der Waals surface area contributed by atoms with Crippen molar-refractivity contribution in [3.05, 3.63) is 51.7 Å². The van der Waals surface area contributed by atoms with Gasteiger partial charge in [0.25, 0.3) is 0 Å². The van der Waals surface area contributed by atoms with Crippen LogP contribution in [0.15, 0.2) is 35.1 Å². The van der Waals surface area contributed by atoms with Crippen LogP contribution in [-0.4, -0.2) is 15.9 Å². The molecule has 1 aromatic rings. The minimum Gasteiger partial charge on any atom is -0.496 e. The molecule has 1 nitrogen and oxygen atoms in total. The maximum atomic E-state index is 6.06. The number of rotatable bonds is 4. The summed E-state index contributed by atoms with van der Waals surface area (Å²) in [5, 5.41) is 1.68. The molecule has 0 bridgehead atoms. The Labute approximate surface area is 175 Å². The largest absolute Gasteiger partial charge is 0.496 e. The van der Waals surface area contributed by atoms with E-state index in [9.17, 15) is 0 Å². The average Bonchev–Trinajstić information content (AvgIpc) is 2.99. The first kappa shape index (κ1) is 23.0. The molecule has 28 heavy (non-hydrogen) atoms. The van der Waals surface area contributed by atoms with E-state index in [0.717, 1.165) is 5.75 Å². The summed E-state index contributed by atoms with van der Waals surface area (Å²) < 4.78 is 6.06. The Hall–Kier alpha value is -1.28. The van der Waals surface area contributed by atoms with Gasteiger partial charge in [-0.2, -0.15) is 0 Å². The SMILES string of the molecule is COc1c(C(C)(C)C)cc(C)cc1C(C)(C)C1=C([Si](C)C)C(C(C)(C)C)C=C1. The monoisotopic (exact) mass is 397 g/mol. The highest BCUT2D eigenvalue weighted by atomic mass is 28.3. The van der Waals surface area contributed by atoms with Crippen molar-refractivity contribution in [3.63, 3.8) is 0 Å². The van der Waals surface area contributed by atoms with Crippen molar-refractivity contribution in [2.45, 2.75) is 86.2 Å². The van der Waals surface area contributed by atoms with Crippen molar-refractivity contribution < 1.29 is 4.74 Å². The van der Waals surface area contributed by atoms with Gasteiger partial charge in [-0.15, -0.1) is 0 Å². The van der Waals surface area contributed by atoms with Crippen LogP contribution in [0.4, 0.5) is 0 Å².